The summed E-state index contributed by atoms with van der Waals surface area (Å²) in [5.41, 5.74) is 0.144. The summed E-state index contributed by atoms with van der Waals surface area (Å²) in [7, 11) is 1.36. The van der Waals surface area contributed by atoms with Crippen molar-refractivity contribution >= 4 is 5.78 Å². The summed E-state index contributed by atoms with van der Waals surface area (Å²) in [6.07, 6.45) is -4.50. The van der Waals surface area contributed by atoms with E-state index in [1.54, 1.807) is 0 Å². The molecule has 26 heavy (non-hydrogen) atoms. The zero-order valence-electron chi connectivity index (χ0n) is 14.2. The average molecular weight is 361 g/mol. The van der Waals surface area contributed by atoms with Gasteiger partial charge in [-0.3, -0.25) is 4.79 Å². The van der Waals surface area contributed by atoms with Gasteiger partial charge >= 0.3 is 6.18 Å². The highest BCUT2D eigenvalue weighted by Crippen LogP contribution is 2.31. The van der Waals surface area contributed by atoms with Gasteiger partial charge in [0, 0.05) is 7.11 Å². The highest BCUT2D eigenvalue weighted by Gasteiger charge is 2.33. The molecule has 0 saturated carbocycles. The van der Waals surface area contributed by atoms with E-state index in [4.69, 9.17) is 4.74 Å². The molecule has 0 aliphatic carbocycles. The van der Waals surface area contributed by atoms with Crippen molar-refractivity contribution in [3.8, 4) is 6.07 Å². The Kier molecular flexibility index (Phi) is 6.53. The number of hydrogen-bond donors (Lipinski definition) is 0. The molecule has 0 saturated heterocycles. The Bertz CT molecular complexity index is 782. The maximum Gasteiger partial charge on any atom is 0.416 e. The van der Waals surface area contributed by atoms with Crippen LogP contribution in [-0.2, 0) is 22.1 Å². The topological polar surface area (TPSA) is 50.1 Å². The molecule has 0 N–H and O–H groups in total. The lowest BCUT2D eigenvalue weighted by atomic mass is 9.90. The third-order valence-corrected chi connectivity index (χ3v) is 4.10. The van der Waals surface area contributed by atoms with Crippen molar-refractivity contribution in [3.63, 3.8) is 0 Å². The molecule has 2 unspecified atom stereocenters. The van der Waals surface area contributed by atoms with E-state index in [0.29, 0.717) is 12.8 Å². The summed E-state index contributed by atoms with van der Waals surface area (Å²) in [6, 6.07) is 15.6. The minimum absolute atomic E-state index is 0.0223. The average Bonchev–Trinajstić information content (AvgIpc) is 2.63. The first-order valence-electron chi connectivity index (χ1n) is 8.04. The molecule has 0 aromatic heterocycles. The molecule has 2 aromatic rings. The summed E-state index contributed by atoms with van der Waals surface area (Å²) >= 11 is 0. The first kappa shape index (κ1) is 19.7. The molecule has 0 radical (unpaired) electrons. The largest absolute Gasteiger partial charge is 0.416 e. The number of aryl methyl sites for hydroxylation is 1. The van der Waals surface area contributed by atoms with Crippen LogP contribution in [0.2, 0.25) is 0 Å². The molecule has 0 spiro atoms. The van der Waals surface area contributed by atoms with Crippen LogP contribution in [0.25, 0.3) is 0 Å². The maximum absolute atomic E-state index is 12.9. The van der Waals surface area contributed by atoms with E-state index in [2.05, 4.69) is 0 Å². The van der Waals surface area contributed by atoms with Crippen LogP contribution in [0.5, 0.6) is 0 Å². The molecule has 0 aliphatic rings. The number of benzene rings is 2. The number of Topliss-reactive ketones (excluding diaryl/α,β-unsaturated/α-hetero) is 1. The van der Waals surface area contributed by atoms with Gasteiger partial charge < -0.3 is 4.74 Å². The minimum atomic E-state index is -4.53. The van der Waals surface area contributed by atoms with Crippen LogP contribution in [0.15, 0.2) is 54.6 Å². The van der Waals surface area contributed by atoms with Gasteiger partial charge in [0.05, 0.1) is 11.6 Å². The van der Waals surface area contributed by atoms with Crippen LogP contribution in [0.3, 0.4) is 0 Å². The standard InChI is InChI=1S/C20H18F3NO2/c1-26-18(11-10-14-6-3-2-4-7-14)19(25)17(13-24)15-8-5-9-16(12-15)20(21,22)23/h2-9,12,17-18H,10-11H2,1H3. The summed E-state index contributed by atoms with van der Waals surface area (Å²) in [6.45, 7) is 0. The predicted molar refractivity (Wildman–Crippen MR) is 90.4 cm³/mol. The van der Waals surface area contributed by atoms with E-state index in [1.807, 2.05) is 36.4 Å². The van der Waals surface area contributed by atoms with Crippen molar-refractivity contribution in [2.75, 3.05) is 7.11 Å². The normalized spacial score (nSPS) is 13.7. The fourth-order valence-electron chi connectivity index (χ4n) is 2.70. The molecule has 2 atom stereocenters. The number of ether oxygens (including phenoxy) is 1. The molecule has 0 aliphatic heterocycles. The predicted octanol–water partition coefficient (Wildman–Crippen LogP) is 4.53. The summed E-state index contributed by atoms with van der Waals surface area (Å²) in [4.78, 5) is 12.7. The Hall–Kier alpha value is -2.65. The third-order valence-electron chi connectivity index (χ3n) is 4.10. The number of rotatable bonds is 7. The summed E-state index contributed by atoms with van der Waals surface area (Å²) in [5, 5.41) is 9.37. The molecule has 2 rings (SSSR count). The molecule has 0 heterocycles. The quantitative estimate of drug-likeness (QED) is 0.728. The Morgan fingerprint density at radius 1 is 1.15 bits per heavy atom. The van der Waals surface area contributed by atoms with Crippen LogP contribution in [-0.4, -0.2) is 19.0 Å². The third kappa shape index (κ3) is 4.93. The Balaban J connectivity index is 2.17. The van der Waals surface area contributed by atoms with Crippen molar-refractivity contribution in [1.29, 1.82) is 5.26 Å². The Morgan fingerprint density at radius 3 is 2.42 bits per heavy atom. The number of nitrogens with zero attached hydrogens (tertiary/aromatic N) is 1. The monoisotopic (exact) mass is 361 g/mol. The second-order valence-corrected chi connectivity index (χ2v) is 5.84. The van der Waals surface area contributed by atoms with E-state index in [9.17, 15) is 23.2 Å². The molecule has 0 amide bonds. The van der Waals surface area contributed by atoms with Crippen LogP contribution in [0, 0.1) is 11.3 Å². The van der Waals surface area contributed by atoms with Crippen molar-refractivity contribution in [2.24, 2.45) is 0 Å². The second-order valence-electron chi connectivity index (χ2n) is 5.84. The zero-order valence-corrected chi connectivity index (χ0v) is 14.2. The number of carbonyl (C=O) groups excluding carboxylic acids is 1. The highest BCUT2D eigenvalue weighted by atomic mass is 19.4. The number of alkyl halides is 3. The molecule has 6 heteroatoms. The first-order chi connectivity index (χ1) is 12.4. The smallest absolute Gasteiger partial charge is 0.374 e. The number of methoxy groups -OCH3 is 1. The number of carbonyl (C=O) groups is 1. The highest BCUT2D eigenvalue weighted by molar-refractivity contribution is 5.92. The number of nitriles is 1. The van der Waals surface area contributed by atoms with Gasteiger partial charge in [-0.05, 0) is 30.0 Å². The molecule has 0 bridgehead atoms. The lowest BCUT2D eigenvalue weighted by molar-refractivity contribution is -0.137. The van der Waals surface area contributed by atoms with E-state index in [-0.39, 0.29) is 5.56 Å². The lowest BCUT2D eigenvalue weighted by Crippen LogP contribution is -2.29. The van der Waals surface area contributed by atoms with E-state index < -0.39 is 29.5 Å². The van der Waals surface area contributed by atoms with Gasteiger partial charge in [0.1, 0.15) is 12.0 Å². The molecular formula is C20H18F3NO2. The minimum Gasteiger partial charge on any atom is -0.374 e. The van der Waals surface area contributed by atoms with E-state index >= 15 is 0 Å². The molecule has 3 nitrogen and oxygen atoms in total. The fraction of sp³-hybridized carbons (Fsp3) is 0.300. The lowest BCUT2D eigenvalue weighted by Gasteiger charge is -2.18. The van der Waals surface area contributed by atoms with E-state index in [1.165, 1.54) is 19.2 Å². The van der Waals surface area contributed by atoms with Gasteiger partial charge in [-0.25, -0.2) is 0 Å². The fourth-order valence-corrected chi connectivity index (χ4v) is 2.70. The number of hydrogen-bond acceptors (Lipinski definition) is 3. The zero-order chi connectivity index (χ0) is 19.2. The summed E-state index contributed by atoms with van der Waals surface area (Å²) in [5.74, 6) is -1.84. The second kappa shape index (κ2) is 8.63. The maximum atomic E-state index is 12.9. The van der Waals surface area contributed by atoms with Gasteiger partial charge in [0.15, 0.2) is 5.78 Å². The Morgan fingerprint density at radius 2 is 1.85 bits per heavy atom. The van der Waals surface area contributed by atoms with Gasteiger partial charge in [-0.1, -0.05) is 48.5 Å². The van der Waals surface area contributed by atoms with Gasteiger partial charge in [-0.2, -0.15) is 18.4 Å². The van der Waals surface area contributed by atoms with Gasteiger partial charge in [0.2, 0.25) is 0 Å². The molecular weight excluding hydrogens is 343 g/mol. The van der Waals surface area contributed by atoms with Crippen molar-refractivity contribution in [1.82, 2.24) is 0 Å². The SMILES string of the molecule is COC(CCc1ccccc1)C(=O)C(C#N)c1cccc(C(F)(F)F)c1. The van der Waals surface area contributed by atoms with Crippen LogP contribution in [0.4, 0.5) is 13.2 Å². The molecule has 0 fully saturated rings. The van der Waals surface area contributed by atoms with Gasteiger partial charge in [0.25, 0.3) is 0 Å². The van der Waals surface area contributed by atoms with Crippen LogP contribution in [0.1, 0.15) is 29.0 Å². The van der Waals surface area contributed by atoms with Crippen molar-refractivity contribution in [2.45, 2.75) is 31.0 Å². The van der Waals surface area contributed by atoms with Crippen molar-refractivity contribution in [3.05, 3.63) is 71.3 Å². The Labute approximate surface area is 150 Å². The van der Waals surface area contributed by atoms with E-state index in [0.717, 1.165) is 17.7 Å². The van der Waals surface area contributed by atoms with Crippen molar-refractivity contribution < 1.29 is 22.7 Å². The number of halogens is 3. The van der Waals surface area contributed by atoms with Crippen LogP contribution < -0.4 is 0 Å². The number of ketones is 1. The van der Waals surface area contributed by atoms with Gasteiger partial charge in [-0.15, -0.1) is 0 Å². The first-order valence-corrected chi connectivity index (χ1v) is 8.04. The van der Waals surface area contributed by atoms with Crippen LogP contribution >= 0.6 is 0 Å². The summed E-state index contributed by atoms with van der Waals surface area (Å²) < 4.78 is 43.8. The molecule has 2 aromatic carbocycles. The molecule has 136 valence electrons.